The molecule has 2 aromatic rings. The van der Waals surface area contributed by atoms with Crippen LogP contribution in [0.5, 0.6) is 5.75 Å². The van der Waals surface area contributed by atoms with Crippen molar-refractivity contribution in [3.63, 3.8) is 0 Å². The fraction of sp³-hybridized carbons (Fsp3) is 0.409. The average molecular weight is 350 g/mol. The largest absolute Gasteiger partial charge is 0.487 e. The normalized spacial score (nSPS) is 18.2. The number of hydrogen-bond donors (Lipinski definition) is 1. The number of urea groups is 1. The van der Waals surface area contributed by atoms with E-state index >= 15 is 0 Å². The summed E-state index contributed by atoms with van der Waals surface area (Å²) in [5.74, 6) is 1.02. The Hall–Kier alpha value is -2.49. The Morgan fingerprint density at radius 2 is 1.81 bits per heavy atom. The highest BCUT2D eigenvalue weighted by Gasteiger charge is 2.40. The van der Waals surface area contributed by atoms with Crippen LogP contribution in [0.1, 0.15) is 36.0 Å². The fourth-order valence-corrected chi connectivity index (χ4v) is 3.95. The smallest absolute Gasteiger partial charge is 0.321 e. The van der Waals surface area contributed by atoms with Crippen LogP contribution >= 0.6 is 0 Å². The van der Waals surface area contributed by atoms with Crippen molar-refractivity contribution in [2.24, 2.45) is 0 Å². The first kappa shape index (κ1) is 17.0. The van der Waals surface area contributed by atoms with Crippen molar-refractivity contribution in [1.82, 2.24) is 4.90 Å². The monoisotopic (exact) mass is 350 g/mol. The maximum Gasteiger partial charge on any atom is 0.321 e. The van der Waals surface area contributed by atoms with Crippen molar-refractivity contribution in [3.8, 4) is 5.75 Å². The first-order valence-corrected chi connectivity index (χ1v) is 9.45. The zero-order chi connectivity index (χ0) is 18.1. The zero-order valence-electron chi connectivity index (χ0n) is 15.5. The second-order valence-electron chi connectivity index (χ2n) is 7.61. The Labute approximate surface area is 155 Å². The molecular weight excluding hydrogens is 324 g/mol. The average Bonchev–Trinajstić information content (AvgIpc) is 2.65. The van der Waals surface area contributed by atoms with Crippen LogP contribution in [0.3, 0.4) is 0 Å². The topological polar surface area (TPSA) is 41.6 Å². The third-order valence-electron chi connectivity index (χ3n) is 5.87. The number of piperidine rings is 1. The number of para-hydroxylation sites is 1. The van der Waals surface area contributed by atoms with Gasteiger partial charge in [0.1, 0.15) is 11.4 Å². The first-order valence-electron chi connectivity index (χ1n) is 9.45. The molecule has 26 heavy (non-hydrogen) atoms. The molecule has 1 fully saturated rings. The Bertz CT molecular complexity index is 823. The number of likely N-dealkylation sites (tertiary alicyclic amines) is 1. The van der Waals surface area contributed by atoms with Crippen LogP contribution in [0.4, 0.5) is 10.5 Å². The van der Waals surface area contributed by atoms with E-state index in [0.29, 0.717) is 0 Å². The fourth-order valence-electron chi connectivity index (χ4n) is 3.95. The van der Waals surface area contributed by atoms with E-state index in [4.69, 9.17) is 4.74 Å². The van der Waals surface area contributed by atoms with Gasteiger partial charge in [0.15, 0.2) is 0 Å². The molecule has 0 radical (unpaired) electrons. The standard InChI is InChI=1S/C22H26N2O2/c1-16-7-8-19(15-17(16)2)23-21(25)24-13-11-22(12-14-24)10-9-18-5-3-4-6-20(18)26-22/h3-8,15H,9-14H2,1-2H3,(H,23,25). The zero-order valence-corrected chi connectivity index (χ0v) is 15.5. The lowest BCUT2D eigenvalue weighted by Gasteiger charge is -2.44. The Morgan fingerprint density at radius 3 is 2.58 bits per heavy atom. The molecule has 2 amide bonds. The van der Waals surface area contributed by atoms with Crippen LogP contribution in [-0.4, -0.2) is 29.6 Å². The molecule has 4 nitrogen and oxygen atoms in total. The number of rotatable bonds is 1. The van der Waals surface area contributed by atoms with Crippen molar-refractivity contribution in [2.75, 3.05) is 18.4 Å². The number of aryl methyl sites for hydroxylation is 3. The summed E-state index contributed by atoms with van der Waals surface area (Å²) in [7, 11) is 0. The van der Waals surface area contributed by atoms with Gasteiger partial charge < -0.3 is 15.0 Å². The molecule has 0 aliphatic carbocycles. The van der Waals surface area contributed by atoms with Crippen LogP contribution in [0.15, 0.2) is 42.5 Å². The molecule has 2 aliphatic rings. The number of hydrogen-bond acceptors (Lipinski definition) is 2. The van der Waals surface area contributed by atoms with Gasteiger partial charge in [0, 0.05) is 31.6 Å². The molecule has 4 rings (SSSR count). The summed E-state index contributed by atoms with van der Waals surface area (Å²) >= 11 is 0. The number of fused-ring (bicyclic) bond motifs is 1. The van der Waals surface area contributed by atoms with Gasteiger partial charge in [-0.05, 0) is 61.6 Å². The molecule has 0 unspecified atom stereocenters. The highest BCUT2D eigenvalue weighted by atomic mass is 16.5. The van der Waals surface area contributed by atoms with Crippen LogP contribution < -0.4 is 10.1 Å². The minimum atomic E-state index is -0.106. The number of nitrogens with zero attached hydrogens (tertiary/aromatic N) is 1. The molecule has 0 aromatic heterocycles. The highest BCUT2D eigenvalue weighted by Crippen LogP contribution is 2.39. The van der Waals surface area contributed by atoms with Gasteiger partial charge >= 0.3 is 6.03 Å². The highest BCUT2D eigenvalue weighted by molar-refractivity contribution is 5.89. The molecule has 2 heterocycles. The van der Waals surface area contributed by atoms with E-state index in [1.54, 1.807) is 0 Å². The SMILES string of the molecule is Cc1ccc(NC(=O)N2CCC3(CCc4ccccc4O3)CC2)cc1C. The minimum absolute atomic E-state index is 0.0145. The number of carbonyl (C=O) groups is 1. The van der Waals surface area contributed by atoms with Gasteiger partial charge in [0.05, 0.1) is 0 Å². The second-order valence-corrected chi connectivity index (χ2v) is 7.61. The lowest BCUT2D eigenvalue weighted by Crippen LogP contribution is -2.52. The molecule has 0 saturated carbocycles. The summed E-state index contributed by atoms with van der Waals surface area (Å²) in [6, 6.07) is 14.3. The summed E-state index contributed by atoms with van der Waals surface area (Å²) in [4.78, 5) is 14.5. The van der Waals surface area contributed by atoms with Crippen molar-refractivity contribution >= 4 is 11.7 Å². The summed E-state index contributed by atoms with van der Waals surface area (Å²) in [6.07, 6.45) is 3.88. The summed E-state index contributed by atoms with van der Waals surface area (Å²) in [6.45, 7) is 5.61. The summed E-state index contributed by atoms with van der Waals surface area (Å²) in [5, 5.41) is 3.03. The number of benzene rings is 2. The molecule has 1 spiro atoms. The van der Waals surface area contributed by atoms with Crippen LogP contribution in [-0.2, 0) is 6.42 Å². The Kier molecular flexibility index (Phi) is 4.35. The molecule has 1 saturated heterocycles. The van der Waals surface area contributed by atoms with Crippen molar-refractivity contribution in [1.29, 1.82) is 0 Å². The van der Waals surface area contributed by atoms with E-state index in [-0.39, 0.29) is 11.6 Å². The van der Waals surface area contributed by atoms with Gasteiger partial charge in [-0.1, -0.05) is 24.3 Å². The van der Waals surface area contributed by atoms with E-state index in [0.717, 1.165) is 50.2 Å². The first-order chi connectivity index (χ1) is 12.5. The molecule has 136 valence electrons. The Morgan fingerprint density at radius 1 is 1.04 bits per heavy atom. The molecule has 0 atom stereocenters. The van der Waals surface area contributed by atoms with E-state index in [1.165, 1.54) is 16.7 Å². The molecule has 2 aliphatic heterocycles. The summed E-state index contributed by atoms with van der Waals surface area (Å²) < 4.78 is 6.38. The van der Waals surface area contributed by atoms with Crippen molar-refractivity contribution in [3.05, 3.63) is 59.2 Å². The van der Waals surface area contributed by atoms with Crippen molar-refractivity contribution in [2.45, 2.75) is 45.1 Å². The van der Waals surface area contributed by atoms with Gasteiger partial charge in [0.25, 0.3) is 0 Å². The number of carbonyl (C=O) groups excluding carboxylic acids is 1. The maximum atomic E-state index is 12.6. The quantitative estimate of drug-likeness (QED) is 0.810. The number of anilines is 1. The van der Waals surface area contributed by atoms with E-state index in [9.17, 15) is 4.79 Å². The van der Waals surface area contributed by atoms with Gasteiger partial charge in [-0.2, -0.15) is 0 Å². The number of nitrogens with one attached hydrogen (secondary N) is 1. The van der Waals surface area contributed by atoms with Crippen LogP contribution in [0.25, 0.3) is 0 Å². The number of ether oxygens (including phenoxy) is 1. The summed E-state index contributed by atoms with van der Waals surface area (Å²) in [5.41, 5.74) is 4.48. The number of amides is 2. The molecule has 0 bridgehead atoms. The second kappa shape index (κ2) is 6.67. The van der Waals surface area contributed by atoms with Crippen LogP contribution in [0, 0.1) is 13.8 Å². The minimum Gasteiger partial charge on any atom is -0.487 e. The van der Waals surface area contributed by atoms with Gasteiger partial charge in [-0.25, -0.2) is 4.79 Å². The predicted octanol–water partition coefficient (Wildman–Crippen LogP) is 4.70. The van der Waals surface area contributed by atoms with Gasteiger partial charge in [0.2, 0.25) is 0 Å². The molecule has 1 N–H and O–H groups in total. The van der Waals surface area contributed by atoms with Crippen molar-refractivity contribution < 1.29 is 9.53 Å². The third kappa shape index (κ3) is 3.28. The van der Waals surface area contributed by atoms with E-state index < -0.39 is 0 Å². The predicted molar refractivity (Wildman–Crippen MR) is 104 cm³/mol. The molecule has 4 heteroatoms. The van der Waals surface area contributed by atoms with E-state index in [1.807, 2.05) is 29.2 Å². The Balaban J connectivity index is 1.37. The van der Waals surface area contributed by atoms with E-state index in [2.05, 4.69) is 37.4 Å². The van der Waals surface area contributed by atoms with Gasteiger partial charge in [-0.3, -0.25) is 0 Å². The van der Waals surface area contributed by atoms with Gasteiger partial charge in [-0.15, -0.1) is 0 Å². The maximum absolute atomic E-state index is 12.6. The molecule has 2 aromatic carbocycles. The van der Waals surface area contributed by atoms with Crippen LogP contribution in [0.2, 0.25) is 0 Å². The lowest BCUT2D eigenvalue weighted by atomic mass is 9.83. The molecular formula is C22H26N2O2. The third-order valence-corrected chi connectivity index (χ3v) is 5.87. The lowest BCUT2D eigenvalue weighted by molar-refractivity contribution is -0.00434.